The van der Waals surface area contributed by atoms with Crippen molar-refractivity contribution in [2.45, 2.75) is 26.4 Å². The van der Waals surface area contributed by atoms with Crippen molar-refractivity contribution >= 4 is 11.7 Å². The number of pyridine rings is 1. The highest BCUT2D eigenvalue weighted by atomic mass is 16.5. The molecule has 1 aliphatic rings. The summed E-state index contributed by atoms with van der Waals surface area (Å²) >= 11 is 0. The van der Waals surface area contributed by atoms with Crippen molar-refractivity contribution in [3.63, 3.8) is 0 Å². The fourth-order valence-electron chi connectivity index (χ4n) is 3.42. The molecule has 0 spiro atoms. The lowest BCUT2D eigenvalue weighted by Gasteiger charge is -2.28. The maximum Gasteiger partial charge on any atom is 0.219 e. The number of hydrogen-bond acceptors (Lipinski definition) is 6. The fraction of sp³-hybridized carbons (Fsp3) is 0.273. The van der Waals surface area contributed by atoms with E-state index in [1.807, 2.05) is 47.4 Å². The molecular weight excluding hydrogens is 366 g/mol. The van der Waals surface area contributed by atoms with Gasteiger partial charge in [-0.05, 0) is 36.2 Å². The third kappa shape index (κ3) is 4.18. The maximum atomic E-state index is 11.9. The van der Waals surface area contributed by atoms with Crippen LogP contribution in [0.3, 0.4) is 0 Å². The van der Waals surface area contributed by atoms with Crippen LogP contribution >= 0.6 is 0 Å². The Morgan fingerprint density at radius 1 is 1.21 bits per heavy atom. The van der Waals surface area contributed by atoms with Gasteiger partial charge in [-0.3, -0.25) is 9.78 Å². The molecule has 1 amide bonds. The zero-order valence-electron chi connectivity index (χ0n) is 16.6. The van der Waals surface area contributed by atoms with E-state index in [4.69, 9.17) is 14.7 Å². The molecule has 4 rings (SSSR count). The first-order valence-electron chi connectivity index (χ1n) is 9.57. The first kappa shape index (κ1) is 18.9. The number of ether oxygens (including phenoxy) is 1. The van der Waals surface area contributed by atoms with E-state index in [1.54, 1.807) is 20.2 Å². The normalized spacial score (nSPS) is 13.0. The van der Waals surface area contributed by atoms with Gasteiger partial charge in [0.15, 0.2) is 5.82 Å². The third-order valence-corrected chi connectivity index (χ3v) is 5.00. The Kier molecular flexibility index (Phi) is 5.37. The number of aromatic nitrogens is 3. The molecule has 0 fully saturated rings. The SMILES string of the molecule is COc1cccc(CNc2nc(-c3ccccn3)nc3c2CCN(C(C)=O)C3)c1. The minimum absolute atomic E-state index is 0.0551. The quantitative estimate of drug-likeness (QED) is 0.722. The molecule has 7 nitrogen and oxygen atoms in total. The van der Waals surface area contributed by atoms with Crippen LogP contribution in [0.25, 0.3) is 11.5 Å². The molecule has 29 heavy (non-hydrogen) atoms. The zero-order valence-corrected chi connectivity index (χ0v) is 16.6. The van der Waals surface area contributed by atoms with E-state index in [0.717, 1.165) is 34.8 Å². The number of hydrogen-bond donors (Lipinski definition) is 1. The lowest BCUT2D eigenvalue weighted by molar-refractivity contribution is -0.129. The van der Waals surface area contributed by atoms with Crippen LogP contribution in [0.2, 0.25) is 0 Å². The molecule has 0 atom stereocenters. The van der Waals surface area contributed by atoms with Crippen molar-refractivity contribution in [3.8, 4) is 17.3 Å². The summed E-state index contributed by atoms with van der Waals surface area (Å²) in [5, 5.41) is 3.46. The van der Waals surface area contributed by atoms with Gasteiger partial charge in [-0.15, -0.1) is 0 Å². The molecule has 3 heterocycles. The summed E-state index contributed by atoms with van der Waals surface area (Å²) in [6.45, 7) is 3.36. The Morgan fingerprint density at radius 2 is 2.10 bits per heavy atom. The maximum absolute atomic E-state index is 11.9. The minimum Gasteiger partial charge on any atom is -0.497 e. The molecule has 0 saturated heterocycles. The van der Waals surface area contributed by atoms with Gasteiger partial charge in [-0.2, -0.15) is 0 Å². The van der Waals surface area contributed by atoms with Crippen LogP contribution in [0, 0.1) is 0 Å². The fourth-order valence-corrected chi connectivity index (χ4v) is 3.42. The van der Waals surface area contributed by atoms with Gasteiger partial charge in [-0.1, -0.05) is 18.2 Å². The number of methoxy groups -OCH3 is 1. The number of nitrogens with one attached hydrogen (secondary N) is 1. The van der Waals surface area contributed by atoms with Gasteiger partial charge in [-0.25, -0.2) is 9.97 Å². The summed E-state index contributed by atoms with van der Waals surface area (Å²) < 4.78 is 5.31. The summed E-state index contributed by atoms with van der Waals surface area (Å²) in [4.78, 5) is 27.6. The van der Waals surface area contributed by atoms with E-state index in [1.165, 1.54) is 0 Å². The first-order valence-corrected chi connectivity index (χ1v) is 9.57. The number of rotatable bonds is 5. The second kappa shape index (κ2) is 8.26. The van der Waals surface area contributed by atoms with Gasteiger partial charge in [0, 0.05) is 31.8 Å². The third-order valence-electron chi connectivity index (χ3n) is 5.00. The number of carbonyl (C=O) groups excluding carboxylic acids is 1. The number of nitrogens with zero attached hydrogens (tertiary/aromatic N) is 4. The van der Waals surface area contributed by atoms with E-state index in [9.17, 15) is 4.79 Å². The number of fused-ring (bicyclic) bond motifs is 1. The number of carbonyl (C=O) groups is 1. The summed E-state index contributed by atoms with van der Waals surface area (Å²) in [6, 6.07) is 13.6. The predicted octanol–water partition coefficient (Wildman–Crippen LogP) is 3.06. The monoisotopic (exact) mass is 389 g/mol. The largest absolute Gasteiger partial charge is 0.497 e. The zero-order chi connectivity index (χ0) is 20.2. The molecule has 1 aliphatic heterocycles. The lowest BCUT2D eigenvalue weighted by Crippen LogP contribution is -2.35. The van der Waals surface area contributed by atoms with Gasteiger partial charge >= 0.3 is 0 Å². The van der Waals surface area contributed by atoms with Crippen LogP contribution < -0.4 is 10.1 Å². The average Bonchev–Trinajstić information content (AvgIpc) is 2.77. The average molecular weight is 389 g/mol. The van der Waals surface area contributed by atoms with Crippen molar-refractivity contribution in [3.05, 3.63) is 65.5 Å². The standard InChI is InChI=1S/C22H23N5O2/c1-15(28)27-11-9-18-20(14-27)25-22(19-8-3-4-10-23-19)26-21(18)24-13-16-6-5-7-17(12-16)29-2/h3-8,10,12H,9,11,13-14H2,1-2H3,(H,24,25,26). The second-order valence-corrected chi connectivity index (χ2v) is 6.93. The lowest BCUT2D eigenvalue weighted by atomic mass is 10.0. The van der Waals surface area contributed by atoms with Crippen molar-refractivity contribution in [1.29, 1.82) is 0 Å². The van der Waals surface area contributed by atoms with Crippen LogP contribution in [0.5, 0.6) is 5.75 Å². The molecular formula is C22H23N5O2. The Labute approximate surface area is 169 Å². The van der Waals surface area contributed by atoms with Crippen molar-refractivity contribution < 1.29 is 9.53 Å². The van der Waals surface area contributed by atoms with E-state index in [-0.39, 0.29) is 5.91 Å². The Balaban J connectivity index is 1.68. The van der Waals surface area contributed by atoms with Gasteiger partial charge in [0.2, 0.25) is 5.91 Å². The van der Waals surface area contributed by atoms with Gasteiger partial charge in [0.05, 0.1) is 19.3 Å². The Bertz CT molecular complexity index is 1020. The molecule has 0 radical (unpaired) electrons. The first-order chi connectivity index (χ1) is 14.1. The Hall–Kier alpha value is -3.48. The summed E-state index contributed by atoms with van der Waals surface area (Å²) in [6.07, 6.45) is 2.45. The summed E-state index contributed by atoms with van der Waals surface area (Å²) in [7, 11) is 1.66. The van der Waals surface area contributed by atoms with Crippen molar-refractivity contribution in [2.75, 3.05) is 19.0 Å². The smallest absolute Gasteiger partial charge is 0.219 e. The van der Waals surface area contributed by atoms with Crippen LogP contribution in [-0.2, 0) is 24.3 Å². The number of anilines is 1. The van der Waals surface area contributed by atoms with Gasteiger partial charge < -0.3 is 15.0 Å². The van der Waals surface area contributed by atoms with Crippen LogP contribution in [0.15, 0.2) is 48.7 Å². The van der Waals surface area contributed by atoms with E-state index in [0.29, 0.717) is 31.2 Å². The molecule has 2 aromatic heterocycles. The number of amides is 1. The molecule has 3 aromatic rings. The predicted molar refractivity (Wildman–Crippen MR) is 110 cm³/mol. The van der Waals surface area contributed by atoms with E-state index < -0.39 is 0 Å². The second-order valence-electron chi connectivity index (χ2n) is 6.93. The topological polar surface area (TPSA) is 80.2 Å². The summed E-state index contributed by atoms with van der Waals surface area (Å²) in [5.41, 5.74) is 3.73. The molecule has 7 heteroatoms. The highest BCUT2D eigenvalue weighted by Crippen LogP contribution is 2.27. The van der Waals surface area contributed by atoms with Crippen LogP contribution in [0.1, 0.15) is 23.7 Å². The molecule has 0 bridgehead atoms. The molecule has 0 aliphatic carbocycles. The van der Waals surface area contributed by atoms with E-state index in [2.05, 4.69) is 10.3 Å². The molecule has 1 N–H and O–H groups in total. The minimum atomic E-state index is 0.0551. The van der Waals surface area contributed by atoms with Crippen LogP contribution in [0.4, 0.5) is 5.82 Å². The highest BCUT2D eigenvalue weighted by molar-refractivity contribution is 5.74. The summed E-state index contributed by atoms with van der Waals surface area (Å²) in [5.74, 6) is 2.23. The molecule has 0 saturated carbocycles. The Morgan fingerprint density at radius 3 is 2.86 bits per heavy atom. The van der Waals surface area contributed by atoms with Crippen molar-refractivity contribution in [1.82, 2.24) is 19.9 Å². The van der Waals surface area contributed by atoms with Gasteiger partial charge in [0.25, 0.3) is 0 Å². The number of benzene rings is 1. The van der Waals surface area contributed by atoms with Crippen LogP contribution in [-0.4, -0.2) is 39.4 Å². The molecule has 1 aromatic carbocycles. The van der Waals surface area contributed by atoms with E-state index >= 15 is 0 Å². The molecule has 148 valence electrons. The molecule has 0 unspecified atom stereocenters. The van der Waals surface area contributed by atoms with Crippen molar-refractivity contribution in [2.24, 2.45) is 0 Å². The van der Waals surface area contributed by atoms with Gasteiger partial charge in [0.1, 0.15) is 17.3 Å². The highest BCUT2D eigenvalue weighted by Gasteiger charge is 2.24.